The number of nitrogens with one attached hydrogen (secondary N) is 3. The van der Waals surface area contributed by atoms with Crippen LogP contribution in [-0.4, -0.2) is 61.6 Å². The number of hydrogen-bond acceptors (Lipinski definition) is 10. The Balaban J connectivity index is 0.00000153. The van der Waals surface area contributed by atoms with Crippen molar-refractivity contribution in [3.05, 3.63) is 75.7 Å². The molecule has 0 aliphatic rings. The van der Waals surface area contributed by atoms with Gasteiger partial charge in [-0.1, -0.05) is 38.1 Å². The SMILES string of the molecule is CC.CC(=O)O.CCNc1ncc(-c2cc(N)cc(C(C)O)c2)n(CC(=O)NCc2ccc(C(=N)N)cc2)c1=O.NCC(=O)O. The number of benzene rings is 2. The van der Waals surface area contributed by atoms with Crippen molar-refractivity contribution in [1.29, 1.82) is 5.41 Å². The number of carboxylic acids is 2. The van der Waals surface area contributed by atoms with Crippen LogP contribution in [-0.2, 0) is 27.5 Å². The second-order valence-electron chi connectivity index (χ2n) is 8.98. The highest BCUT2D eigenvalue weighted by atomic mass is 16.4. The number of rotatable bonds is 10. The molecule has 0 saturated heterocycles. The number of carbonyl (C=O) groups is 3. The molecule has 1 aromatic heterocycles. The van der Waals surface area contributed by atoms with E-state index in [1.807, 2.05) is 20.8 Å². The van der Waals surface area contributed by atoms with E-state index in [1.54, 1.807) is 49.4 Å². The fourth-order valence-corrected chi connectivity index (χ4v) is 3.43. The zero-order chi connectivity index (χ0) is 34.7. The summed E-state index contributed by atoms with van der Waals surface area (Å²) in [5.74, 6) is -2.06. The number of amidine groups is 1. The minimum atomic E-state index is -0.968. The van der Waals surface area contributed by atoms with Gasteiger partial charge >= 0.3 is 5.97 Å². The molecule has 0 bridgehead atoms. The number of aliphatic carboxylic acids is 2. The lowest BCUT2D eigenvalue weighted by Gasteiger charge is -2.16. The average molecular weight is 629 g/mol. The van der Waals surface area contributed by atoms with Gasteiger partial charge in [0.2, 0.25) is 5.91 Å². The summed E-state index contributed by atoms with van der Waals surface area (Å²) >= 11 is 0. The van der Waals surface area contributed by atoms with Crippen LogP contribution < -0.4 is 33.4 Å². The van der Waals surface area contributed by atoms with Gasteiger partial charge in [-0.15, -0.1) is 0 Å². The molecule has 1 unspecified atom stereocenters. The molecule has 0 radical (unpaired) electrons. The minimum Gasteiger partial charge on any atom is -0.481 e. The van der Waals surface area contributed by atoms with E-state index in [0.717, 1.165) is 12.5 Å². The lowest BCUT2D eigenvalue weighted by atomic mass is 10.0. The molecule has 246 valence electrons. The molecule has 12 N–H and O–H groups in total. The maximum Gasteiger partial charge on any atom is 0.317 e. The van der Waals surface area contributed by atoms with Gasteiger partial charge in [-0.25, -0.2) is 4.98 Å². The molecule has 2 aromatic carbocycles. The smallest absolute Gasteiger partial charge is 0.317 e. The molecule has 1 atom stereocenters. The highest BCUT2D eigenvalue weighted by Gasteiger charge is 2.16. The molecule has 0 spiro atoms. The summed E-state index contributed by atoms with van der Waals surface area (Å²) < 4.78 is 1.33. The summed E-state index contributed by atoms with van der Waals surface area (Å²) in [7, 11) is 0. The second kappa shape index (κ2) is 20.6. The number of nitrogens with zero attached hydrogens (tertiary/aromatic N) is 2. The molecule has 1 amide bonds. The number of carbonyl (C=O) groups excluding carboxylic acids is 1. The van der Waals surface area contributed by atoms with Crippen molar-refractivity contribution in [3.8, 4) is 11.3 Å². The Kier molecular flexibility index (Phi) is 18.2. The summed E-state index contributed by atoms with van der Waals surface area (Å²) in [5, 5.41) is 38.2. The number of nitrogen functional groups attached to an aromatic ring is 2. The highest BCUT2D eigenvalue weighted by Crippen LogP contribution is 2.26. The fourth-order valence-electron chi connectivity index (χ4n) is 3.43. The Morgan fingerprint density at radius 3 is 2.11 bits per heavy atom. The maximum absolute atomic E-state index is 13.1. The van der Waals surface area contributed by atoms with Crippen LogP contribution in [0.1, 0.15) is 57.4 Å². The van der Waals surface area contributed by atoms with Gasteiger partial charge in [0.15, 0.2) is 5.82 Å². The molecular weight excluding hydrogens is 584 g/mol. The first-order valence-corrected chi connectivity index (χ1v) is 13.9. The Labute approximate surface area is 261 Å². The number of aromatic nitrogens is 2. The molecule has 3 rings (SSSR count). The molecule has 45 heavy (non-hydrogen) atoms. The largest absolute Gasteiger partial charge is 0.481 e. The van der Waals surface area contributed by atoms with Crippen molar-refractivity contribution in [2.45, 2.75) is 53.8 Å². The van der Waals surface area contributed by atoms with Gasteiger partial charge in [-0.2, -0.15) is 0 Å². The Morgan fingerprint density at radius 1 is 1.09 bits per heavy atom. The topological polar surface area (TPSA) is 273 Å². The van der Waals surface area contributed by atoms with E-state index in [2.05, 4.69) is 21.4 Å². The van der Waals surface area contributed by atoms with Crippen molar-refractivity contribution in [2.75, 3.05) is 24.1 Å². The first-order valence-electron chi connectivity index (χ1n) is 13.9. The number of hydrogen-bond donors (Lipinski definition) is 9. The van der Waals surface area contributed by atoms with Gasteiger partial charge in [0, 0.05) is 36.8 Å². The Bertz CT molecular complexity index is 1470. The number of carboxylic acid groups (broad SMARTS) is 2. The van der Waals surface area contributed by atoms with E-state index in [9.17, 15) is 19.5 Å². The van der Waals surface area contributed by atoms with E-state index in [0.29, 0.717) is 34.6 Å². The normalized spacial score (nSPS) is 10.3. The van der Waals surface area contributed by atoms with Crippen LogP contribution in [0.25, 0.3) is 11.3 Å². The number of anilines is 2. The van der Waals surface area contributed by atoms with Crippen LogP contribution in [0.5, 0.6) is 0 Å². The third kappa shape index (κ3) is 14.6. The summed E-state index contributed by atoms with van der Waals surface area (Å²) in [5.41, 5.74) is 19.0. The fraction of sp³-hybridized carbons (Fsp3) is 0.333. The molecule has 0 aliphatic heterocycles. The van der Waals surface area contributed by atoms with Gasteiger partial charge in [-0.05, 0) is 43.2 Å². The predicted octanol–water partition coefficient (Wildman–Crippen LogP) is 1.72. The molecule has 1 heterocycles. The average Bonchev–Trinajstić information content (AvgIpc) is 2.99. The Morgan fingerprint density at radius 2 is 1.64 bits per heavy atom. The highest BCUT2D eigenvalue weighted by molar-refractivity contribution is 5.94. The number of amides is 1. The van der Waals surface area contributed by atoms with E-state index < -0.39 is 23.6 Å². The molecule has 15 nitrogen and oxygen atoms in total. The zero-order valence-electron chi connectivity index (χ0n) is 26.1. The molecule has 3 aromatic rings. The number of nitrogens with two attached hydrogens (primary N) is 3. The van der Waals surface area contributed by atoms with E-state index >= 15 is 0 Å². The van der Waals surface area contributed by atoms with Gasteiger partial charge < -0.3 is 43.2 Å². The second-order valence-corrected chi connectivity index (χ2v) is 8.98. The summed E-state index contributed by atoms with van der Waals surface area (Å²) in [6, 6.07) is 12.0. The predicted molar refractivity (Wildman–Crippen MR) is 174 cm³/mol. The lowest BCUT2D eigenvalue weighted by molar-refractivity contribution is -0.136. The van der Waals surface area contributed by atoms with Crippen molar-refractivity contribution in [2.24, 2.45) is 11.5 Å². The minimum absolute atomic E-state index is 0.0306. The van der Waals surface area contributed by atoms with E-state index in [4.69, 9.17) is 31.9 Å². The molecule has 15 heteroatoms. The monoisotopic (exact) mass is 628 g/mol. The van der Waals surface area contributed by atoms with Crippen LogP contribution in [0.15, 0.2) is 53.5 Å². The van der Waals surface area contributed by atoms with E-state index in [1.165, 1.54) is 10.8 Å². The van der Waals surface area contributed by atoms with Crippen LogP contribution in [0.2, 0.25) is 0 Å². The van der Waals surface area contributed by atoms with Crippen molar-refractivity contribution in [1.82, 2.24) is 14.9 Å². The van der Waals surface area contributed by atoms with Gasteiger partial charge in [0.1, 0.15) is 12.4 Å². The van der Waals surface area contributed by atoms with Crippen LogP contribution in [0, 0.1) is 5.41 Å². The van der Waals surface area contributed by atoms with Gasteiger partial charge in [0.05, 0.1) is 24.5 Å². The van der Waals surface area contributed by atoms with Crippen molar-refractivity contribution >= 4 is 35.2 Å². The first kappa shape index (κ1) is 39.7. The molecule has 0 fully saturated rings. The third-order valence-electron chi connectivity index (χ3n) is 5.39. The van der Waals surface area contributed by atoms with Gasteiger partial charge in [0.25, 0.3) is 11.5 Å². The lowest BCUT2D eigenvalue weighted by Crippen LogP contribution is -2.34. The van der Waals surface area contributed by atoms with Crippen LogP contribution in [0.3, 0.4) is 0 Å². The van der Waals surface area contributed by atoms with Gasteiger partial charge in [-0.3, -0.25) is 29.2 Å². The van der Waals surface area contributed by atoms with Crippen LogP contribution >= 0.6 is 0 Å². The Hall–Kier alpha value is -5.28. The standard InChI is InChI=1S/C24H29N7O3.C2H5NO2.C2H4O2.C2H6/c1-3-28-23-24(34)31(13-21(33)29-11-15-4-6-16(7-5-15)22(26)27)20(12-30-23)18-8-17(14(2)32)9-19(25)10-18;3-1-2(4)5;1-2(3)4;1-2/h4-10,12,14,32H,3,11,13,25H2,1-2H3,(H3,26,27)(H,28,30)(H,29,33);1,3H2,(H,4,5);1H3,(H,3,4);1-2H3. The molecular formula is C30H44N8O7. The quantitative estimate of drug-likeness (QED) is 0.0882. The summed E-state index contributed by atoms with van der Waals surface area (Å²) in [6.45, 7) is 8.77. The summed E-state index contributed by atoms with van der Waals surface area (Å²) in [6.07, 6.45) is 0.752. The van der Waals surface area contributed by atoms with Crippen LogP contribution in [0.4, 0.5) is 11.5 Å². The zero-order valence-corrected chi connectivity index (χ0v) is 26.1. The molecule has 0 aliphatic carbocycles. The van der Waals surface area contributed by atoms with E-state index in [-0.39, 0.29) is 37.2 Å². The van der Waals surface area contributed by atoms with Crippen molar-refractivity contribution in [3.63, 3.8) is 0 Å². The third-order valence-corrected chi connectivity index (χ3v) is 5.39. The molecule has 0 saturated carbocycles. The number of aliphatic hydroxyl groups excluding tert-OH is 1. The number of aliphatic hydroxyl groups is 1. The first-order chi connectivity index (χ1) is 21.2. The summed E-state index contributed by atoms with van der Waals surface area (Å²) in [4.78, 5) is 48.4. The maximum atomic E-state index is 13.1. The van der Waals surface area contributed by atoms with Crippen molar-refractivity contribution < 1.29 is 29.7 Å².